The lowest BCUT2D eigenvalue weighted by Crippen LogP contribution is -2.22. The van der Waals surface area contributed by atoms with E-state index in [0.29, 0.717) is 16.3 Å². The van der Waals surface area contributed by atoms with E-state index < -0.39 is 35.7 Å². The van der Waals surface area contributed by atoms with E-state index >= 15 is 0 Å². The van der Waals surface area contributed by atoms with Gasteiger partial charge in [0, 0.05) is 10.7 Å². The molecule has 0 unspecified atom stereocenters. The lowest BCUT2D eigenvalue weighted by atomic mass is 10.2. The van der Waals surface area contributed by atoms with E-state index in [-0.39, 0.29) is 0 Å². The van der Waals surface area contributed by atoms with Gasteiger partial charge in [-0.15, -0.1) is 0 Å². The third-order valence-electron chi connectivity index (χ3n) is 3.04. The second-order valence-corrected chi connectivity index (χ2v) is 5.04. The number of hydrogen-bond acceptors (Lipinski definition) is 3. The van der Waals surface area contributed by atoms with Gasteiger partial charge < -0.3 is 10.1 Å². The number of hydrogen-bond donors (Lipinski definition) is 1. The Morgan fingerprint density at radius 1 is 1.13 bits per heavy atom. The molecule has 0 bridgehead atoms. The smallest absolute Gasteiger partial charge is 0.344 e. The normalized spacial score (nSPS) is 10.3. The minimum atomic E-state index is -1.25. The molecule has 1 amide bonds. The molecule has 23 heavy (non-hydrogen) atoms. The van der Waals surface area contributed by atoms with Gasteiger partial charge in [0.05, 0.1) is 0 Å². The summed E-state index contributed by atoms with van der Waals surface area (Å²) in [5.74, 6) is -4.01. The Morgan fingerprint density at radius 2 is 1.74 bits per heavy atom. The van der Waals surface area contributed by atoms with Crippen LogP contribution in [0.15, 0.2) is 36.4 Å². The number of nitrogens with one attached hydrogen (secondary N) is 1. The second-order valence-electron chi connectivity index (χ2n) is 4.63. The molecule has 0 atom stereocenters. The third-order valence-corrected chi connectivity index (χ3v) is 3.45. The molecule has 1 N–H and O–H groups in total. The highest BCUT2D eigenvalue weighted by Gasteiger charge is 2.19. The fourth-order valence-corrected chi connectivity index (χ4v) is 2.00. The summed E-state index contributed by atoms with van der Waals surface area (Å²) in [6.07, 6.45) is 0. The Bertz CT molecular complexity index is 745. The number of benzene rings is 2. The summed E-state index contributed by atoms with van der Waals surface area (Å²) in [4.78, 5) is 23.4. The van der Waals surface area contributed by atoms with Crippen LogP contribution in [-0.2, 0) is 9.53 Å². The molecule has 0 saturated carbocycles. The average molecular weight is 340 g/mol. The summed E-state index contributed by atoms with van der Waals surface area (Å²) in [6, 6.07) is 7.90. The Balaban J connectivity index is 1.99. The number of ether oxygens (including phenoxy) is 1. The van der Waals surface area contributed by atoms with E-state index in [9.17, 15) is 18.4 Å². The van der Waals surface area contributed by atoms with Gasteiger partial charge >= 0.3 is 5.97 Å². The van der Waals surface area contributed by atoms with Crippen molar-refractivity contribution in [2.75, 3.05) is 11.9 Å². The first kappa shape index (κ1) is 16.9. The average Bonchev–Trinajstić information content (AvgIpc) is 2.49. The Morgan fingerprint density at radius 3 is 2.39 bits per heavy atom. The Hall–Kier alpha value is -2.47. The summed E-state index contributed by atoms with van der Waals surface area (Å²) < 4.78 is 31.5. The highest BCUT2D eigenvalue weighted by molar-refractivity contribution is 6.31. The van der Waals surface area contributed by atoms with Crippen LogP contribution in [0.5, 0.6) is 0 Å². The van der Waals surface area contributed by atoms with E-state index in [2.05, 4.69) is 10.1 Å². The van der Waals surface area contributed by atoms with Crippen molar-refractivity contribution in [3.63, 3.8) is 0 Å². The molecule has 120 valence electrons. The summed E-state index contributed by atoms with van der Waals surface area (Å²) in [7, 11) is 0. The van der Waals surface area contributed by atoms with Gasteiger partial charge in [-0.2, -0.15) is 0 Å². The van der Waals surface area contributed by atoms with Crippen LogP contribution in [0.1, 0.15) is 15.9 Å². The maximum absolute atomic E-state index is 13.4. The van der Waals surface area contributed by atoms with Gasteiger partial charge in [-0.1, -0.05) is 23.7 Å². The summed E-state index contributed by atoms with van der Waals surface area (Å²) >= 11 is 5.92. The van der Waals surface area contributed by atoms with Crippen molar-refractivity contribution < 1.29 is 23.1 Å². The van der Waals surface area contributed by atoms with Gasteiger partial charge in [0.2, 0.25) is 0 Å². The third kappa shape index (κ3) is 4.04. The minimum Gasteiger partial charge on any atom is -0.452 e. The van der Waals surface area contributed by atoms with Crippen molar-refractivity contribution >= 4 is 29.2 Å². The zero-order valence-electron chi connectivity index (χ0n) is 12.0. The first-order chi connectivity index (χ1) is 10.9. The highest BCUT2D eigenvalue weighted by Crippen LogP contribution is 2.22. The van der Waals surface area contributed by atoms with Crippen molar-refractivity contribution in [3.05, 3.63) is 64.2 Å². The van der Waals surface area contributed by atoms with Crippen molar-refractivity contribution in [2.45, 2.75) is 6.92 Å². The molecule has 0 aliphatic heterocycles. The summed E-state index contributed by atoms with van der Waals surface area (Å²) in [5.41, 5.74) is 0.267. The standard InChI is InChI=1S/C16H12ClF2NO3/c1-9-10(17)4-2-7-13(9)20-14(21)8-23-16(22)15-11(18)5-3-6-12(15)19/h2-7H,8H2,1H3,(H,20,21). The molecule has 2 aromatic carbocycles. The van der Waals surface area contributed by atoms with Gasteiger partial charge in [-0.3, -0.25) is 4.79 Å². The van der Waals surface area contributed by atoms with E-state index in [1.54, 1.807) is 25.1 Å². The van der Waals surface area contributed by atoms with Gasteiger partial charge in [-0.25, -0.2) is 13.6 Å². The zero-order valence-corrected chi connectivity index (χ0v) is 12.8. The Labute approximate surface area is 136 Å². The maximum Gasteiger partial charge on any atom is 0.344 e. The van der Waals surface area contributed by atoms with Crippen LogP contribution in [0, 0.1) is 18.6 Å². The predicted molar refractivity (Wildman–Crippen MR) is 81.5 cm³/mol. The number of anilines is 1. The SMILES string of the molecule is Cc1c(Cl)cccc1NC(=O)COC(=O)c1c(F)cccc1F. The van der Waals surface area contributed by atoms with E-state index in [0.717, 1.165) is 18.2 Å². The predicted octanol–water partition coefficient (Wildman–Crippen LogP) is 3.72. The largest absolute Gasteiger partial charge is 0.452 e. The lowest BCUT2D eigenvalue weighted by Gasteiger charge is -2.10. The summed E-state index contributed by atoms with van der Waals surface area (Å²) in [6.45, 7) is 1.03. The topological polar surface area (TPSA) is 55.4 Å². The van der Waals surface area contributed by atoms with E-state index in [4.69, 9.17) is 11.6 Å². The minimum absolute atomic E-state index is 0.454. The number of halogens is 3. The number of carbonyl (C=O) groups is 2. The maximum atomic E-state index is 13.4. The number of esters is 1. The molecule has 2 aromatic rings. The molecule has 0 spiro atoms. The van der Waals surface area contributed by atoms with Crippen LogP contribution in [0.3, 0.4) is 0 Å². The molecule has 0 radical (unpaired) electrons. The molecule has 2 rings (SSSR count). The molecule has 0 aliphatic rings. The molecular formula is C16H12ClF2NO3. The van der Waals surface area contributed by atoms with Crippen LogP contribution in [0.2, 0.25) is 5.02 Å². The van der Waals surface area contributed by atoms with Gasteiger partial charge in [-0.05, 0) is 36.8 Å². The second kappa shape index (κ2) is 7.19. The molecule has 0 aliphatic carbocycles. The number of rotatable bonds is 4. The molecule has 0 saturated heterocycles. The van der Waals surface area contributed by atoms with Gasteiger partial charge in [0.25, 0.3) is 5.91 Å². The Kier molecular flexibility index (Phi) is 5.28. The molecular weight excluding hydrogens is 328 g/mol. The van der Waals surface area contributed by atoms with Crippen molar-refractivity contribution in [1.82, 2.24) is 0 Å². The monoisotopic (exact) mass is 339 g/mol. The van der Waals surface area contributed by atoms with Crippen molar-refractivity contribution in [3.8, 4) is 0 Å². The fourth-order valence-electron chi connectivity index (χ4n) is 1.83. The number of amides is 1. The van der Waals surface area contributed by atoms with Crippen LogP contribution >= 0.6 is 11.6 Å². The van der Waals surface area contributed by atoms with E-state index in [1.165, 1.54) is 0 Å². The molecule has 4 nitrogen and oxygen atoms in total. The molecule has 0 fully saturated rings. The van der Waals surface area contributed by atoms with E-state index in [1.807, 2.05) is 0 Å². The van der Waals surface area contributed by atoms with Crippen molar-refractivity contribution in [1.29, 1.82) is 0 Å². The van der Waals surface area contributed by atoms with Crippen LogP contribution in [0.25, 0.3) is 0 Å². The van der Waals surface area contributed by atoms with Crippen molar-refractivity contribution in [2.24, 2.45) is 0 Å². The van der Waals surface area contributed by atoms with Gasteiger partial charge in [0.15, 0.2) is 6.61 Å². The number of carbonyl (C=O) groups excluding carboxylic acids is 2. The van der Waals surface area contributed by atoms with Crippen LogP contribution in [-0.4, -0.2) is 18.5 Å². The zero-order chi connectivity index (χ0) is 17.0. The molecule has 0 heterocycles. The lowest BCUT2D eigenvalue weighted by molar-refractivity contribution is -0.119. The van der Waals surface area contributed by atoms with Crippen LogP contribution < -0.4 is 5.32 Å². The highest BCUT2D eigenvalue weighted by atomic mass is 35.5. The van der Waals surface area contributed by atoms with Gasteiger partial charge in [0.1, 0.15) is 17.2 Å². The molecule has 0 aromatic heterocycles. The summed E-state index contributed by atoms with van der Waals surface area (Å²) in [5, 5.41) is 2.96. The first-order valence-corrected chi connectivity index (χ1v) is 6.94. The first-order valence-electron chi connectivity index (χ1n) is 6.56. The molecule has 7 heteroatoms. The van der Waals surface area contributed by atoms with Crippen LogP contribution in [0.4, 0.5) is 14.5 Å². The fraction of sp³-hybridized carbons (Fsp3) is 0.125. The quantitative estimate of drug-likeness (QED) is 0.864.